The van der Waals surface area contributed by atoms with Crippen LogP contribution in [0.25, 0.3) is 49.7 Å². The number of non-ortho nitro benzene ring substituents is 1. The summed E-state index contributed by atoms with van der Waals surface area (Å²) in [5.41, 5.74) is 6.51. The number of fused-ring (bicyclic) bond motifs is 8. The third-order valence-corrected chi connectivity index (χ3v) is 6.01. The van der Waals surface area contributed by atoms with Gasteiger partial charge in [0.25, 0.3) is 5.69 Å². The minimum absolute atomic E-state index is 0.0708. The Hall–Kier alpha value is -3.63. The fourth-order valence-corrected chi connectivity index (χ4v) is 4.86. The number of rotatable bonds is 1. The van der Waals surface area contributed by atoms with Gasteiger partial charge in [-0.3, -0.25) is 10.1 Å². The highest BCUT2D eigenvalue weighted by atomic mass is 35.5. The van der Waals surface area contributed by atoms with E-state index in [-0.39, 0.29) is 10.6 Å². The fourth-order valence-electron chi connectivity index (χ4n) is 4.60. The van der Waals surface area contributed by atoms with E-state index in [2.05, 4.69) is 18.2 Å². The Morgan fingerprint density at radius 1 is 0.690 bits per heavy atom. The van der Waals surface area contributed by atoms with E-state index in [0.29, 0.717) is 10.5 Å². The average Bonchev–Trinajstić information content (AvgIpc) is 3.01. The largest absolute Gasteiger partial charge is 0.301 e. The summed E-state index contributed by atoms with van der Waals surface area (Å²) < 4.78 is 1.98. The van der Waals surface area contributed by atoms with E-state index in [0.717, 1.165) is 44.2 Å². The molecule has 2 heterocycles. The Kier molecular flexibility index (Phi) is 3.20. The van der Waals surface area contributed by atoms with Gasteiger partial charge in [0.15, 0.2) is 0 Å². The van der Waals surface area contributed by atoms with Gasteiger partial charge in [-0.1, -0.05) is 78.3 Å². The molecule has 4 nitrogen and oxygen atoms in total. The Balaban J connectivity index is 2.00. The van der Waals surface area contributed by atoms with E-state index < -0.39 is 0 Å². The summed E-state index contributed by atoms with van der Waals surface area (Å²) in [5.74, 6) is 0. The second-order valence-corrected chi connectivity index (χ2v) is 7.56. The van der Waals surface area contributed by atoms with E-state index >= 15 is 0 Å². The number of benzene rings is 4. The van der Waals surface area contributed by atoms with Crippen LogP contribution >= 0.6 is 11.6 Å². The normalized spacial score (nSPS) is 11.9. The molecular weight excluding hydrogens is 384 g/mol. The molecule has 5 heteroatoms. The zero-order chi connectivity index (χ0) is 19.7. The van der Waals surface area contributed by atoms with Crippen LogP contribution in [0.4, 0.5) is 5.69 Å². The lowest BCUT2D eigenvalue weighted by atomic mass is 9.94. The Bertz CT molecular complexity index is 1500. The van der Waals surface area contributed by atoms with E-state index in [1.165, 1.54) is 0 Å². The lowest BCUT2D eigenvalue weighted by molar-refractivity contribution is -0.383. The number of halogens is 1. The van der Waals surface area contributed by atoms with Crippen molar-refractivity contribution in [1.29, 1.82) is 0 Å². The van der Waals surface area contributed by atoms with Gasteiger partial charge < -0.3 is 4.57 Å². The molecule has 29 heavy (non-hydrogen) atoms. The minimum Gasteiger partial charge on any atom is -0.301 e. The number of nitro benzene ring substituents is 1. The number of hydrogen-bond donors (Lipinski definition) is 0. The monoisotopic (exact) mass is 396 g/mol. The van der Waals surface area contributed by atoms with Gasteiger partial charge in [-0.05, 0) is 17.2 Å². The van der Waals surface area contributed by atoms with Gasteiger partial charge in [-0.2, -0.15) is 0 Å². The molecule has 5 aromatic rings. The second kappa shape index (κ2) is 5.69. The molecular formula is C24H13ClN2O2. The van der Waals surface area contributed by atoms with E-state index in [1.54, 1.807) is 12.1 Å². The van der Waals surface area contributed by atoms with Crippen LogP contribution in [0.5, 0.6) is 0 Å². The van der Waals surface area contributed by atoms with Crippen LogP contribution in [-0.2, 0) is 0 Å². The van der Waals surface area contributed by atoms with E-state index in [1.807, 2.05) is 53.1 Å². The average molecular weight is 397 g/mol. The standard InChI is InChI=1S/C24H13ClN2O2/c25-20-12-4-10-17-15-7-2-1-6-14(15)16-8-3-9-18-19-11-5-13-21(27(28)29)24(19)26(22(16)18)23(17)20/h1-13H. The van der Waals surface area contributed by atoms with E-state index in [9.17, 15) is 10.1 Å². The molecule has 0 saturated carbocycles. The number of nitrogens with zero attached hydrogens (tertiary/aromatic N) is 2. The summed E-state index contributed by atoms with van der Waals surface area (Å²) >= 11 is 6.73. The first-order valence-corrected chi connectivity index (χ1v) is 9.64. The molecule has 0 bridgehead atoms. The summed E-state index contributed by atoms with van der Waals surface area (Å²) in [5, 5.41) is 14.3. The number of hydrogen-bond acceptors (Lipinski definition) is 2. The maximum atomic E-state index is 11.9. The number of nitro groups is 1. The first kappa shape index (κ1) is 16.3. The Labute approximate surface area is 170 Å². The Morgan fingerprint density at radius 3 is 2.03 bits per heavy atom. The zero-order valence-corrected chi connectivity index (χ0v) is 15.9. The lowest BCUT2D eigenvalue weighted by Crippen LogP contribution is -1.99. The number of para-hydroxylation sites is 3. The molecule has 138 valence electrons. The summed E-state index contributed by atoms with van der Waals surface area (Å²) in [6, 6.07) is 25.3. The van der Waals surface area contributed by atoms with Crippen LogP contribution in [0, 0.1) is 10.1 Å². The van der Waals surface area contributed by atoms with Crippen molar-refractivity contribution in [2.75, 3.05) is 0 Å². The summed E-state index contributed by atoms with van der Waals surface area (Å²) in [6.07, 6.45) is 0. The third kappa shape index (κ3) is 2.04. The van der Waals surface area contributed by atoms with Crippen molar-refractivity contribution >= 4 is 39.1 Å². The quantitative estimate of drug-likeness (QED) is 0.222. The molecule has 1 aromatic heterocycles. The maximum Gasteiger partial charge on any atom is 0.293 e. The third-order valence-electron chi connectivity index (χ3n) is 5.70. The summed E-state index contributed by atoms with van der Waals surface area (Å²) in [6.45, 7) is 0. The van der Waals surface area contributed by atoms with Crippen LogP contribution in [-0.4, -0.2) is 9.49 Å². The van der Waals surface area contributed by atoms with Crippen molar-refractivity contribution in [3.63, 3.8) is 0 Å². The molecule has 0 saturated heterocycles. The van der Waals surface area contributed by atoms with Crippen molar-refractivity contribution < 1.29 is 4.92 Å². The van der Waals surface area contributed by atoms with Crippen molar-refractivity contribution in [2.45, 2.75) is 0 Å². The predicted molar refractivity (Wildman–Crippen MR) is 117 cm³/mol. The molecule has 4 aromatic carbocycles. The van der Waals surface area contributed by atoms with Crippen LogP contribution in [0.3, 0.4) is 0 Å². The van der Waals surface area contributed by atoms with Crippen LogP contribution in [0.1, 0.15) is 0 Å². The molecule has 0 radical (unpaired) electrons. The van der Waals surface area contributed by atoms with Crippen LogP contribution in [0.2, 0.25) is 5.02 Å². The van der Waals surface area contributed by atoms with Crippen molar-refractivity contribution in [3.8, 4) is 27.9 Å². The predicted octanol–water partition coefficient (Wildman–Crippen LogP) is 6.99. The summed E-state index contributed by atoms with van der Waals surface area (Å²) in [4.78, 5) is 11.6. The first-order chi connectivity index (χ1) is 14.2. The molecule has 0 atom stereocenters. The highest BCUT2D eigenvalue weighted by molar-refractivity contribution is 6.34. The van der Waals surface area contributed by atoms with Gasteiger partial charge in [-0.25, -0.2) is 0 Å². The van der Waals surface area contributed by atoms with Gasteiger partial charge in [0.1, 0.15) is 5.52 Å². The molecule has 6 rings (SSSR count). The number of aromatic nitrogens is 1. The van der Waals surface area contributed by atoms with Gasteiger partial charge in [0.05, 0.1) is 21.2 Å². The Morgan fingerprint density at radius 2 is 1.28 bits per heavy atom. The van der Waals surface area contributed by atoms with Crippen LogP contribution < -0.4 is 0 Å². The maximum absolute atomic E-state index is 11.9. The first-order valence-electron chi connectivity index (χ1n) is 9.26. The van der Waals surface area contributed by atoms with Crippen LogP contribution in [0.15, 0.2) is 78.9 Å². The SMILES string of the molecule is O=[N+]([O-])c1cccc2c3cccc4c3n(c12)-c1c(Cl)cccc1-c1ccccc1-4. The van der Waals surface area contributed by atoms with Gasteiger partial charge in [-0.15, -0.1) is 0 Å². The lowest BCUT2D eigenvalue weighted by Gasteiger charge is -2.14. The van der Waals surface area contributed by atoms with Crippen molar-refractivity contribution in [1.82, 2.24) is 4.57 Å². The minimum atomic E-state index is -0.320. The summed E-state index contributed by atoms with van der Waals surface area (Å²) in [7, 11) is 0. The molecule has 0 N–H and O–H groups in total. The van der Waals surface area contributed by atoms with E-state index in [4.69, 9.17) is 11.6 Å². The highest BCUT2D eigenvalue weighted by Crippen LogP contribution is 2.49. The second-order valence-electron chi connectivity index (χ2n) is 7.15. The van der Waals surface area contributed by atoms with Gasteiger partial charge in [0.2, 0.25) is 0 Å². The van der Waals surface area contributed by atoms with Gasteiger partial charge in [0, 0.05) is 28.0 Å². The molecule has 0 amide bonds. The highest BCUT2D eigenvalue weighted by Gasteiger charge is 2.28. The smallest absolute Gasteiger partial charge is 0.293 e. The topological polar surface area (TPSA) is 48.1 Å². The molecule has 0 aliphatic carbocycles. The molecule has 1 aliphatic rings. The molecule has 0 fully saturated rings. The van der Waals surface area contributed by atoms with Crippen molar-refractivity contribution in [2.24, 2.45) is 0 Å². The molecule has 0 spiro atoms. The van der Waals surface area contributed by atoms with Crippen molar-refractivity contribution in [3.05, 3.63) is 94.0 Å². The van der Waals surface area contributed by atoms with Gasteiger partial charge >= 0.3 is 0 Å². The molecule has 1 aliphatic heterocycles. The fraction of sp³-hybridized carbons (Fsp3) is 0. The molecule has 0 unspecified atom stereocenters. The zero-order valence-electron chi connectivity index (χ0n) is 15.1.